The second-order valence-electron chi connectivity index (χ2n) is 12.8. The van der Waals surface area contributed by atoms with Gasteiger partial charge in [0.1, 0.15) is 5.69 Å². The Morgan fingerprint density at radius 1 is 1.15 bits per heavy atom. The lowest BCUT2D eigenvalue weighted by atomic mass is 9.75. The van der Waals surface area contributed by atoms with Gasteiger partial charge in [-0.15, -0.1) is 0 Å². The number of nitrogens with one attached hydrogen (secondary N) is 1. The van der Waals surface area contributed by atoms with Gasteiger partial charge in [-0.3, -0.25) is 14.5 Å². The second kappa shape index (κ2) is 11.2. The van der Waals surface area contributed by atoms with Crippen molar-refractivity contribution in [2.45, 2.75) is 51.6 Å². The third-order valence-corrected chi connectivity index (χ3v) is 11.1. The Morgan fingerprint density at radius 3 is 2.79 bits per heavy atom. The summed E-state index contributed by atoms with van der Waals surface area (Å²) in [5.74, 6) is 0.431. The van der Waals surface area contributed by atoms with E-state index in [1.54, 1.807) is 6.20 Å². The SMILES string of the molecule is Cc1cc2[nH]ncc2c(-c2c(-c3ccc4c(cnn4C)c3)nn(C3CCC4CN(C(=O)n5ccnc5Cl)C(CC#N)C4C3)c2C)c1Cl. The molecule has 1 amide bonds. The van der Waals surface area contributed by atoms with Crippen molar-refractivity contribution in [2.24, 2.45) is 18.9 Å². The summed E-state index contributed by atoms with van der Waals surface area (Å²) < 4.78 is 5.39. The molecule has 4 atom stereocenters. The number of aromatic nitrogens is 8. The molecule has 0 bridgehead atoms. The molecular formula is C34H32Cl2N10O. The number of nitrogens with zero attached hydrogens (tertiary/aromatic N) is 9. The van der Waals surface area contributed by atoms with Gasteiger partial charge in [-0.25, -0.2) is 14.3 Å². The van der Waals surface area contributed by atoms with Gasteiger partial charge in [0, 0.05) is 65.2 Å². The van der Waals surface area contributed by atoms with Gasteiger partial charge >= 0.3 is 6.03 Å². The summed E-state index contributed by atoms with van der Waals surface area (Å²) in [7, 11) is 1.94. The van der Waals surface area contributed by atoms with Gasteiger partial charge in [0.15, 0.2) is 0 Å². The fraction of sp³-hybridized carbons (Fsp3) is 0.353. The van der Waals surface area contributed by atoms with E-state index in [1.165, 1.54) is 10.8 Å². The van der Waals surface area contributed by atoms with E-state index < -0.39 is 0 Å². The van der Waals surface area contributed by atoms with E-state index >= 15 is 0 Å². The predicted molar refractivity (Wildman–Crippen MR) is 180 cm³/mol. The summed E-state index contributed by atoms with van der Waals surface area (Å²) in [6, 6.07) is 10.3. The minimum Gasteiger partial charge on any atom is -0.319 e. The fourth-order valence-electron chi connectivity index (χ4n) is 8.06. The number of aromatic amines is 1. The normalized spacial score (nSPS) is 21.1. The topological polar surface area (TPSA) is 126 Å². The predicted octanol–water partition coefficient (Wildman–Crippen LogP) is 7.32. The zero-order valence-corrected chi connectivity index (χ0v) is 27.7. The summed E-state index contributed by atoms with van der Waals surface area (Å²) in [5.41, 5.74) is 7.62. The van der Waals surface area contributed by atoms with Crippen LogP contribution in [0.4, 0.5) is 4.79 Å². The second-order valence-corrected chi connectivity index (χ2v) is 13.5. The Hall–Kier alpha value is -4.66. The average molecular weight is 668 g/mol. The smallest absolute Gasteiger partial charge is 0.319 e. The van der Waals surface area contributed by atoms with Crippen molar-refractivity contribution in [3.63, 3.8) is 0 Å². The number of fused-ring (bicyclic) bond motifs is 3. The van der Waals surface area contributed by atoms with Crippen molar-refractivity contribution < 1.29 is 4.79 Å². The number of imidazole rings is 1. The quantitative estimate of drug-likeness (QED) is 0.210. The van der Waals surface area contributed by atoms with Crippen molar-refractivity contribution in [3.05, 3.63) is 70.6 Å². The number of aryl methyl sites for hydroxylation is 2. The van der Waals surface area contributed by atoms with Crippen LogP contribution in [0.2, 0.25) is 10.3 Å². The highest BCUT2D eigenvalue weighted by Crippen LogP contribution is 2.49. The summed E-state index contributed by atoms with van der Waals surface area (Å²) >= 11 is 13.4. The van der Waals surface area contributed by atoms with E-state index in [4.69, 9.17) is 28.3 Å². The molecule has 6 aromatic rings. The minimum atomic E-state index is -0.234. The summed E-state index contributed by atoms with van der Waals surface area (Å²) in [4.78, 5) is 19.4. The summed E-state index contributed by atoms with van der Waals surface area (Å²) in [6.07, 6.45) is 9.66. The van der Waals surface area contributed by atoms with Crippen LogP contribution in [-0.4, -0.2) is 62.8 Å². The first-order valence-electron chi connectivity index (χ1n) is 15.8. The zero-order chi connectivity index (χ0) is 32.6. The maximum absolute atomic E-state index is 13.6. The Bertz CT molecular complexity index is 2240. The molecule has 4 unspecified atom stereocenters. The molecule has 13 heteroatoms. The third-order valence-electron chi connectivity index (χ3n) is 10.3. The monoisotopic (exact) mass is 666 g/mol. The van der Waals surface area contributed by atoms with E-state index in [1.807, 2.05) is 42.0 Å². The van der Waals surface area contributed by atoms with Crippen LogP contribution in [0.1, 0.15) is 43.0 Å². The number of H-pyrrole nitrogens is 1. The van der Waals surface area contributed by atoms with Gasteiger partial charge < -0.3 is 4.90 Å². The summed E-state index contributed by atoms with van der Waals surface area (Å²) in [5, 5.41) is 29.9. The van der Waals surface area contributed by atoms with Crippen molar-refractivity contribution in [1.82, 2.24) is 44.2 Å². The number of likely N-dealkylation sites (tertiary alicyclic amines) is 1. The number of carbonyl (C=O) groups excluding carboxylic acids is 1. The number of halogens is 2. The average Bonchev–Trinajstić information content (AvgIpc) is 3.90. The first-order chi connectivity index (χ1) is 22.7. The van der Waals surface area contributed by atoms with Crippen LogP contribution in [0.3, 0.4) is 0 Å². The number of hydrogen-bond donors (Lipinski definition) is 1. The largest absolute Gasteiger partial charge is 0.330 e. The van der Waals surface area contributed by atoms with Crippen LogP contribution < -0.4 is 0 Å². The van der Waals surface area contributed by atoms with Crippen molar-refractivity contribution in [2.75, 3.05) is 6.54 Å². The molecule has 5 heterocycles. The Balaban J connectivity index is 1.23. The highest BCUT2D eigenvalue weighted by atomic mass is 35.5. The molecule has 0 spiro atoms. The molecule has 1 saturated heterocycles. The molecule has 4 aromatic heterocycles. The molecule has 1 aliphatic heterocycles. The molecular weight excluding hydrogens is 635 g/mol. The number of carbonyl (C=O) groups is 1. The van der Waals surface area contributed by atoms with Crippen molar-refractivity contribution in [3.8, 4) is 28.5 Å². The van der Waals surface area contributed by atoms with Gasteiger partial charge in [0.2, 0.25) is 5.28 Å². The van der Waals surface area contributed by atoms with Gasteiger partial charge in [0.25, 0.3) is 0 Å². The number of nitriles is 1. The lowest BCUT2D eigenvalue weighted by Gasteiger charge is -2.34. The number of hydrogen-bond acceptors (Lipinski definition) is 6. The molecule has 2 fully saturated rings. The molecule has 47 heavy (non-hydrogen) atoms. The van der Waals surface area contributed by atoms with Crippen LogP contribution in [-0.2, 0) is 7.05 Å². The van der Waals surface area contributed by atoms with E-state index in [2.05, 4.69) is 56.2 Å². The van der Waals surface area contributed by atoms with Crippen LogP contribution in [0, 0.1) is 37.0 Å². The molecule has 1 N–H and O–H groups in total. The van der Waals surface area contributed by atoms with E-state index in [-0.39, 0.29) is 41.7 Å². The summed E-state index contributed by atoms with van der Waals surface area (Å²) in [6.45, 7) is 4.71. The van der Waals surface area contributed by atoms with Gasteiger partial charge in [0.05, 0.1) is 47.0 Å². The highest BCUT2D eigenvalue weighted by molar-refractivity contribution is 6.36. The lowest BCUT2D eigenvalue weighted by Crippen LogP contribution is -2.40. The molecule has 2 aromatic carbocycles. The molecule has 1 aliphatic carbocycles. The lowest BCUT2D eigenvalue weighted by molar-refractivity contribution is 0.171. The molecule has 0 radical (unpaired) electrons. The molecule has 8 rings (SSSR count). The minimum absolute atomic E-state index is 0.0716. The maximum Gasteiger partial charge on any atom is 0.330 e. The van der Waals surface area contributed by atoms with Crippen LogP contribution >= 0.6 is 23.2 Å². The van der Waals surface area contributed by atoms with Gasteiger partial charge in [-0.2, -0.15) is 20.6 Å². The van der Waals surface area contributed by atoms with Gasteiger partial charge in [-0.1, -0.05) is 17.7 Å². The molecule has 2 aliphatic rings. The Morgan fingerprint density at radius 2 is 2.00 bits per heavy atom. The van der Waals surface area contributed by atoms with Crippen LogP contribution in [0.5, 0.6) is 0 Å². The van der Waals surface area contributed by atoms with Crippen LogP contribution in [0.25, 0.3) is 44.2 Å². The highest BCUT2D eigenvalue weighted by Gasteiger charge is 2.47. The fourth-order valence-corrected chi connectivity index (χ4v) is 8.49. The third kappa shape index (κ3) is 4.65. The van der Waals surface area contributed by atoms with E-state index in [0.717, 1.165) is 74.7 Å². The Kier molecular flexibility index (Phi) is 7.11. The Labute approximate surface area is 280 Å². The van der Waals surface area contributed by atoms with Crippen molar-refractivity contribution >= 4 is 51.0 Å². The van der Waals surface area contributed by atoms with Gasteiger partial charge in [-0.05, 0) is 80.3 Å². The first kappa shape index (κ1) is 29.7. The van der Waals surface area contributed by atoms with E-state index in [9.17, 15) is 10.1 Å². The molecule has 238 valence electrons. The maximum atomic E-state index is 13.6. The molecule has 1 saturated carbocycles. The number of amides is 1. The van der Waals surface area contributed by atoms with Crippen molar-refractivity contribution in [1.29, 1.82) is 5.26 Å². The number of benzene rings is 2. The molecule has 11 nitrogen and oxygen atoms in total. The van der Waals surface area contributed by atoms with E-state index in [0.29, 0.717) is 11.6 Å². The number of rotatable bonds is 4. The standard InChI is InChI=1S/C34H32Cl2N10O/c1-18-12-26-25(16-39-41-26)30(31(18)35)29-19(2)46(42-32(29)20-5-7-27-22(13-20)15-40-43(27)3)23-6-4-21-17-45(28(8-9-37)24(21)14-23)34(47)44-11-10-38-33(44)36/h5,7,10-13,15-16,21,23-24,28H,4,6,8,14,17H2,1-3H3,(H,39,41). The first-order valence-corrected chi connectivity index (χ1v) is 16.5. The zero-order valence-electron chi connectivity index (χ0n) is 26.2. The van der Waals surface area contributed by atoms with Crippen LogP contribution in [0.15, 0.2) is 49.1 Å².